The van der Waals surface area contributed by atoms with Crippen LogP contribution in [0.15, 0.2) is 46.9 Å². The van der Waals surface area contributed by atoms with Gasteiger partial charge in [0, 0.05) is 10.0 Å². The Bertz CT molecular complexity index is 575. The molecule has 0 atom stereocenters. The molecule has 0 unspecified atom stereocenters. The van der Waals surface area contributed by atoms with Gasteiger partial charge in [-0.15, -0.1) is 0 Å². The Morgan fingerprint density at radius 2 is 1.75 bits per heavy atom. The van der Waals surface area contributed by atoms with E-state index < -0.39 is 12.9 Å². The van der Waals surface area contributed by atoms with Crippen molar-refractivity contribution in [1.29, 1.82) is 0 Å². The Kier molecular flexibility index (Phi) is 5.31. The van der Waals surface area contributed by atoms with Crippen molar-refractivity contribution in [2.75, 3.05) is 0 Å². The van der Waals surface area contributed by atoms with Gasteiger partial charge in [0.2, 0.25) is 0 Å². The van der Waals surface area contributed by atoms with Crippen LogP contribution in [-0.4, -0.2) is 17.2 Å². The van der Waals surface area contributed by atoms with Crippen molar-refractivity contribution in [2.45, 2.75) is 13.2 Å². The standard InChI is InChI=1S/C14H13BBrFO3/c16-13-5-1-10(2-6-13)8-20-9-11-3-4-12(15(18)19)7-14(11)17/h1-7,18-19H,8-9H2. The third-order valence-corrected chi connectivity index (χ3v) is 3.34. The minimum atomic E-state index is -1.66. The average molecular weight is 339 g/mol. The van der Waals surface area contributed by atoms with Crippen LogP contribution in [-0.2, 0) is 18.0 Å². The van der Waals surface area contributed by atoms with E-state index in [1.54, 1.807) is 0 Å². The van der Waals surface area contributed by atoms with Crippen LogP contribution in [0.1, 0.15) is 11.1 Å². The summed E-state index contributed by atoms with van der Waals surface area (Å²) in [6.07, 6.45) is 0. The molecule has 2 N–H and O–H groups in total. The van der Waals surface area contributed by atoms with Gasteiger partial charge >= 0.3 is 7.12 Å². The Morgan fingerprint density at radius 3 is 2.35 bits per heavy atom. The molecular weight excluding hydrogens is 326 g/mol. The minimum Gasteiger partial charge on any atom is -0.423 e. The molecule has 0 amide bonds. The molecule has 0 saturated carbocycles. The van der Waals surface area contributed by atoms with Crippen molar-refractivity contribution in [3.8, 4) is 0 Å². The molecule has 2 aromatic carbocycles. The molecule has 2 rings (SSSR count). The maximum atomic E-state index is 13.7. The Hall–Kier alpha value is -1.21. The number of ether oxygens (including phenoxy) is 1. The van der Waals surface area contributed by atoms with Gasteiger partial charge in [0.25, 0.3) is 0 Å². The Morgan fingerprint density at radius 1 is 1.05 bits per heavy atom. The number of hydrogen-bond acceptors (Lipinski definition) is 3. The second kappa shape index (κ2) is 6.99. The number of rotatable bonds is 5. The van der Waals surface area contributed by atoms with Gasteiger partial charge < -0.3 is 14.8 Å². The summed E-state index contributed by atoms with van der Waals surface area (Å²) in [6, 6.07) is 11.7. The molecular formula is C14H13BBrFO3. The van der Waals surface area contributed by atoms with Crippen LogP contribution in [0, 0.1) is 5.82 Å². The van der Waals surface area contributed by atoms with E-state index in [-0.39, 0.29) is 12.1 Å². The zero-order valence-corrected chi connectivity index (χ0v) is 12.2. The van der Waals surface area contributed by atoms with Gasteiger partial charge in [0.05, 0.1) is 13.2 Å². The van der Waals surface area contributed by atoms with E-state index in [2.05, 4.69) is 15.9 Å². The summed E-state index contributed by atoms with van der Waals surface area (Å²) >= 11 is 3.35. The summed E-state index contributed by atoms with van der Waals surface area (Å²) < 4.78 is 20.1. The van der Waals surface area contributed by atoms with Crippen molar-refractivity contribution >= 4 is 28.5 Å². The second-order valence-electron chi connectivity index (χ2n) is 4.34. The van der Waals surface area contributed by atoms with E-state index in [1.165, 1.54) is 12.1 Å². The first kappa shape index (κ1) is 15.2. The first-order valence-electron chi connectivity index (χ1n) is 6.03. The summed E-state index contributed by atoms with van der Waals surface area (Å²) in [4.78, 5) is 0. The number of halogens is 2. The van der Waals surface area contributed by atoms with Crippen LogP contribution in [0.4, 0.5) is 4.39 Å². The Labute approximate surface area is 125 Å². The van der Waals surface area contributed by atoms with Crippen molar-refractivity contribution < 1.29 is 19.2 Å². The minimum absolute atomic E-state index is 0.124. The molecule has 2 aromatic rings. The molecule has 104 valence electrons. The fraction of sp³-hybridized carbons (Fsp3) is 0.143. The van der Waals surface area contributed by atoms with Gasteiger partial charge in [0.15, 0.2) is 0 Å². The molecule has 3 nitrogen and oxygen atoms in total. The maximum Gasteiger partial charge on any atom is 0.488 e. The zero-order chi connectivity index (χ0) is 14.5. The molecule has 0 heterocycles. The normalized spacial score (nSPS) is 10.6. The predicted molar refractivity (Wildman–Crippen MR) is 78.9 cm³/mol. The lowest BCUT2D eigenvalue weighted by Crippen LogP contribution is -2.30. The molecule has 0 aromatic heterocycles. The summed E-state index contributed by atoms with van der Waals surface area (Å²) in [5, 5.41) is 17.9. The molecule has 6 heteroatoms. The predicted octanol–water partition coefficient (Wildman–Crippen LogP) is 1.98. The van der Waals surface area contributed by atoms with Crippen LogP contribution >= 0.6 is 15.9 Å². The van der Waals surface area contributed by atoms with Gasteiger partial charge in [-0.2, -0.15) is 0 Å². The van der Waals surface area contributed by atoms with E-state index in [0.717, 1.165) is 16.1 Å². The second-order valence-corrected chi connectivity index (χ2v) is 5.26. The molecule has 0 bridgehead atoms. The fourth-order valence-electron chi connectivity index (χ4n) is 1.70. The highest BCUT2D eigenvalue weighted by Crippen LogP contribution is 2.13. The SMILES string of the molecule is OB(O)c1ccc(COCc2ccc(Br)cc2)c(F)c1. The third-order valence-electron chi connectivity index (χ3n) is 2.81. The summed E-state index contributed by atoms with van der Waals surface area (Å²) in [6.45, 7) is 0.515. The summed E-state index contributed by atoms with van der Waals surface area (Å²) in [7, 11) is -1.66. The highest BCUT2D eigenvalue weighted by Gasteiger charge is 2.13. The first-order valence-corrected chi connectivity index (χ1v) is 6.82. The van der Waals surface area contributed by atoms with Gasteiger partial charge in [-0.05, 0) is 29.2 Å². The lowest BCUT2D eigenvalue weighted by Gasteiger charge is -2.07. The quantitative estimate of drug-likeness (QED) is 0.820. The molecule has 0 saturated heterocycles. The third kappa shape index (κ3) is 4.14. The fourth-order valence-corrected chi connectivity index (χ4v) is 1.97. The summed E-state index contributed by atoms with van der Waals surface area (Å²) in [5.74, 6) is -0.508. The molecule has 0 spiro atoms. The van der Waals surface area contributed by atoms with Crippen LogP contribution < -0.4 is 5.46 Å². The van der Waals surface area contributed by atoms with E-state index in [4.69, 9.17) is 14.8 Å². The van der Waals surface area contributed by atoms with Crippen molar-refractivity contribution in [1.82, 2.24) is 0 Å². The molecule has 0 fully saturated rings. The highest BCUT2D eigenvalue weighted by molar-refractivity contribution is 9.10. The first-order chi connectivity index (χ1) is 9.56. The number of hydrogen-bond donors (Lipinski definition) is 2. The van der Waals surface area contributed by atoms with Crippen LogP contribution in [0.5, 0.6) is 0 Å². The smallest absolute Gasteiger partial charge is 0.423 e. The monoisotopic (exact) mass is 338 g/mol. The molecule has 0 aliphatic carbocycles. The largest absolute Gasteiger partial charge is 0.488 e. The summed E-state index contributed by atoms with van der Waals surface area (Å²) in [5.41, 5.74) is 1.50. The van der Waals surface area contributed by atoms with E-state index in [1.807, 2.05) is 24.3 Å². The van der Waals surface area contributed by atoms with Gasteiger partial charge in [-0.3, -0.25) is 0 Å². The molecule has 0 aliphatic heterocycles. The zero-order valence-electron chi connectivity index (χ0n) is 10.6. The van der Waals surface area contributed by atoms with Crippen molar-refractivity contribution in [3.63, 3.8) is 0 Å². The lowest BCUT2D eigenvalue weighted by molar-refractivity contribution is 0.105. The highest BCUT2D eigenvalue weighted by atomic mass is 79.9. The van der Waals surface area contributed by atoms with Gasteiger partial charge in [0.1, 0.15) is 5.82 Å². The molecule has 0 aliphatic rings. The van der Waals surface area contributed by atoms with Crippen LogP contribution in [0.25, 0.3) is 0 Å². The van der Waals surface area contributed by atoms with Gasteiger partial charge in [-0.1, -0.05) is 40.2 Å². The van der Waals surface area contributed by atoms with Crippen molar-refractivity contribution in [2.24, 2.45) is 0 Å². The Balaban J connectivity index is 1.92. The maximum absolute atomic E-state index is 13.7. The van der Waals surface area contributed by atoms with Crippen molar-refractivity contribution in [3.05, 3.63) is 63.9 Å². The van der Waals surface area contributed by atoms with E-state index in [0.29, 0.717) is 12.2 Å². The van der Waals surface area contributed by atoms with Crippen LogP contribution in [0.2, 0.25) is 0 Å². The van der Waals surface area contributed by atoms with E-state index >= 15 is 0 Å². The lowest BCUT2D eigenvalue weighted by atomic mass is 9.80. The van der Waals surface area contributed by atoms with E-state index in [9.17, 15) is 4.39 Å². The number of benzene rings is 2. The molecule has 0 radical (unpaired) electrons. The molecule has 20 heavy (non-hydrogen) atoms. The average Bonchev–Trinajstić information content (AvgIpc) is 2.42. The topological polar surface area (TPSA) is 49.7 Å². The van der Waals surface area contributed by atoms with Crippen LogP contribution in [0.3, 0.4) is 0 Å². The van der Waals surface area contributed by atoms with Gasteiger partial charge in [-0.25, -0.2) is 4.39 Å².